The quantitative estimate of drug-likeness (QED) is 0.629. The fourth-order valence-electron chi connectivity index (χ4n) is 2.92. The molecule has 0 saturated carbocycles. The lowest BCUT2D eigenvalue weighted by atomic mass is 9.89. The largest absolute Gasteiger partial charge is 0.474 e. The number of hydrogen-bond donors (Lipinski definition) is 2. The molecular weight excluding hydrogens is 438 g/mol. The molecule has 14 heteroatoms. The molecule has 1 aliphatic rings. The molecule has 0 spiro atoms. The Kier molecular flexibility index (Phi) is 6.06. The van der Waals surface area contributed by atoms with Gasteiger partial charge in [-0.3, -0.25) is 0 Å². The van der Waals surface area contributed by atoms with Gasteiger partial charge in [-0.25, -0.2) is 4.98 Å². The highest BCUT2D eigenvalue weighted by molar-refractivity contribution is 5.68. The van der Waals surface area contributed by atoms with Gasteiger partial charge < -0.3 is 24.7 Å². The minimum Gasteiger partial charge on any atom is -0.474 e. The summed E-state index contributed by atoms with van der Waals surface area (Å²) in [6, 6.07) is 0.534. The Hall–Kier alpha value is -2.61. The van der Waals surface area contributed by atoms with E-state index in [0.29, 0.717) is 6.07 Å². The minimum absolute atomic E-state index is 0.162. The van der Waals surface area contributed by atoms with Crippen molar-refractivity contribution in [2.24, 2.45) is 0 Å². The number of nitrogens with two attached hydrogens (primary N) is 1. The number of aliphatic hydroxyl groups is 1. The Morgan fingerprint density at radius 1 is 1.23 bits per heavy atom. The summed E-state index contributed by atoms with van der Waals surface area (Å²) in [5.41, 5.74) is 0.305. The number of rotatable bonds is 1. The number of aliphatic hydroxyl groups excluding tert-OH is 1. The van der Waals surface area contributed by atoms with E-state index in [4.69, 9.17) is 19.6 Å². The predicted octanol–water partition coefficient (Wildman–Crippen LogP) is 3.10. The van der Waals surface area contributed by atoms with Gasteiger partial charge in [0.1, 0.15) is 5.56 Å². The van der Waals surface area contributed by atoms with E-state index in [2.05, 4.69) is 15.2 Å². The van der Waals surface area contributed by atoms with Crippen molar-refractivity contribution in [2.45, 2.75) is 43.6 Å². The first-order valence-corrected chi connectivity index (χ1v) is 9.03. The first-order chi connectivity index (χ1) is 14.4. The van der Waals surface area contributed by atoms with E-state index in [0.717, 1.165) is 0 Å². The van der Waals surface area contributed by atoms with Gasteiger partial charge in [-0.15, -0.1) is 10.2 Å². The van der Waals surface area contributed by atoms with Crippen LogP contribution >= 0.6 is 0 Å². The lowest BCUT2D eigenvalue weighted by Crippen LogP contribution is -2.49. The van der Waals surface area contributed by atoms with E-state index in [-0.39, 0.29) is 19.4 Å². The number of nitrogens with zero attached hydrogens (tertiary/aromatic N) is 3. The van der Waals surface area contributed by atoms with Gasteiger partial charge in [0.05, 0.1) is 25.0 Å². The summed E-state index contributed by atoms with van der Waals surface area (Å²) in [5.74, 6) is -2.53. The molecule has 3 N–H and O–H groups in total. The van der Waals surface area contributed by atoms with Crippen molar-refractivity contribution in [1.29, 1.82) is 0 Å². The third-order valence-corrected chi connectivity index (χ3v) is 4.73. The molecule has 31 heavy (non-hydrogen) atoms. The van der Waals surface area contributed by atoms with Gasteiger partial charge in [-0.1, -0.05) is 0 Å². The summed E-state index contributed by atoms with van der Waals surface area (Å²) in [5, 5.41) is 16.4. The SMILES string of the molecule is C[C@@H]1CCCOCC(CO)(C(F)(F)F)c2nnc(o2)-c2nc(c(C(F)(F)F)cc2N)O1. The molecule has 3 heterocycles. The second-order valence-electron chi connectivity index (χ2n) is 7.05. The van der Waals surface area contributed by atoms with Crippen molar-refractivity contribution in [3.05, 3.63) is 17.5 Å². The topological polar surface area (TPSA) is 117 Å². The molecule has 3 rings (SSSR count). The fourth-order valence-corrected chi connectivity index (χ4v) is 2.92. The van der Waals surface area contributed by atoms with Crippen LogP contribution in [0.5, 0.6) is 5.88 Å². The zero-order chi connectivity index (χ0) is 23.0. The van der Waals surface area contributed by atoms with Gasteiger partial charge in [-0.05, 0) is 25.8 Å². The van der Waals surface area contributed by atoms with Crippen LogP contribution in [0.1, 0.15) is 31.2 Å². The minimum atomic E-state index is -5.04. The number of aromatic nitrogens is 3. The van der Waals surface area contributed by atoms with E-state index in [1.165, 1.54) is 6.92 Å². The summed E-state index contributed by atoms with van der Waals surface area (Å²) in [6.07, 6.45) is -10.3. The van der Waals surface area contributed by atoms with Gasteiger partial charge in [0.25, 0.3) is 5.89 Å². The van der Waals surface area contributed by atoms with Crippen LogP contribution in [-0.2, 0) is 16.3 Å². The molecule has 1 aliphatic heterocycles. The molecule has 1 unspecified atom stereocenters. The molecule has 0 radical (unpaired) electrons. The number of hydrogen-bond acceptors (Lipinski definition) is 8. The first-order valence-electron chi connectivity index (χ1n) is 9.03. The summed E-state index contributed by atoms with van der Waals surface area (Å²) in [6.45, 7) is -1.18. The molecule has 0 amide bonds. The fraction of sp³-hybridized carbons (Fsp3) is 0.588. The van der Waals surface area contributed by atoms with Crippen molar-refractivity contribution in [1.82, 2.24) is 15.2 Å². The van der Waals surface area contributed by atoms with Gasteiger partial charge in [0, 0.05) is 6.61 Å². The Labute approximate surface area is 171 Å². The zero-order valence-corrected chi connectivity index (χ0v) is 16.0. The van der Waals surface area contributed by atoms with Crippen molar-refractivity contribution < 1.29 is 45.3 Å². The molecule has 2 aromatic heterocycles. The van der Waals surface area contributed by atoms with Gasteiger partial charge >= 0.3 is 12.4 Å². The average molecular weight is 456 g/mol. The standard InChI is InChI=1S/C17H18F6N4O4/c1-8-3-2-4-29-7-15(6-28,17(21,22)23)14-27-26-13(31-14)11-10(24)5-9(16(18,19)20)12(25-11)30-8/h5,8,28H,2-4,6-7,24H2,1H3/t8-,15?/m1/s1. The number of alkyl halides is 6. The highest BCUT2D eigenvalue weighted by atomic mass is 19.4. The van der Waals surface area contributed by atoms with Crippen LogP contribution in [0.2, 0.25) is 0 Å². The Balaban J connectivity index is 2.20. The second-order valence-corrected chi connectivity index (χ2v) is 7.05. The van der Waals surface area contributed by atoms with Gasteiger partial charge in [0.2, 0.25) is 11.8 Å². The Morgan fingerprint density at radius 2 is 1.94 bits per heavy atom. The van der Waals surface area contributed by atoms with Gasteiger partial charge in [0.15, 0.2) is 11.1 Å². The average Bonchev–Trinajstić information content (AvgIpc) is 3.13. The molecule has 0 aliphatic carbocycles. The molecule has 172 valence electrons. The Bertz CT molecular complexity index is 932. The number of ether oxygens (including phenoxy) is 2. The smallest absolute Gasteiger partial charge is 0.421 e. The number of nitrogen functional groups attached to an aromatic ring is 1. The maximum Gasteiger partial charge on any atom is 0.421 e. The second kappa shape index (κ2) is 8.15. The van der Waals surface area contributed by atoms with E-state index in [9.17, 15) is 31.4 Å². The molecule has 2 aromatic rings. The zero-order valence-electron chi connectivity index (χ0n) is 16.0. The maximum atomic E-state index is 13.8. The predicted molar refractivity (Wildman–Crippen MR) is 91.9 cm³/mol. The Morgan fingerprint density at radius 3 is 2.55 bits per heavy atom. The van der Waals surface area contributed by atoms with Crippen molar-refractivity contribution in [3.63, 3.8) is 0 Å². The highest BCUT2D eigenvalue weighted by Gasteiger charge is 2.60. The number of halogens is 6. The van der Waals surface area contributed by atoms with Crippen LogP contribution in [0.15, 0.2) is 10.5 Å². The van der Waals surface area contributed by atoms with Crippen molar-refractivity contribution in [3.8, 4) is 17.5 Å². The molecule has 0 aromatic carbocycles. The van der Waals surface area contributed by atoms with Crippen molar-refractivity contribution >= 4 is 5.69 Å². The lowest BCUT2D eigenvalue weighted by Gasteiger charge is -2.30. The van der Waals surface area contributed by atoms with E-state index < -0.39 is 71.7 Å². The van der Waals surface area contributed by atoms with E-state index in [1.807, 2.05) is 0 Å². The molecule has 8 nitrogen and oxygen atoms in total. The first kappa shape index (κ1) is 23.1. The normalized spacial score (nSPS) is 23.2. The highest BCUT2D eigenvalue weighted by Crippen LogP contribution is 2.43. The third-order valence-electron chi connectivity index (χ3n) is 4.73. The molecule has 4 bridgehead atoms. The number of fused-ring (bicyclic) bond motifs is 5. The van der Waals surface area contributed by atoms with Crippen LogP contribution in [0.3, 0.4) is 0 Å². The van der Waals surface area contributed by atoms with Crippen LogP contribution in [0, 0.1) is 0 Å². The van der Waals surface area contributed by atoms with Gasteiger partial charge in [-0.2, -0.15) is 26.3 Å². The molecule has 0 saturated heterocycles. The number of anilines is 1. The number of pyridine rings is 1. The summed E-state index contributed by atoms with van der Waals surface area (Å²) in [4.78, 5) is 3.72. The summed E-state index contributed by atoms with van der Waals surface area (Å²) >= 11 is 0. The molecular formula is C17H18F6N4O4. The molecule has 2 atom stereocenters. The maximum absolute atomic E-state index is 13.8. The van der Waals surface area contributed by atoms with Crippen LogP contribution < -0.4 is 10.5 Å². The summed E-state index contributed by atoms with van der Waals surface area (Å²) in [7, 11) is 0. The van der Waals surface area contributed by atoms with E-state index in [1.54, 1.807) is 0 Å². The van der Waals surface area contributed by atoms with Crippen molar-refractivity contribution in [2.75, 3.05) is 25.6 Å². The summed E-state index contributed by atoms with van der Waals surface area (Å²) < 4.78 is 97.2. The van der Waals surface area contributed by atoms with Crippen LogP contribution in [0.25, 0.3) is 11.6 Å². The van der Waals surface area contributed by atoms with Crippen LogP contribution in [-0.4, -0.2) is 52.4 Å². The monoisotopic (exact) mass is 456 g/mol. The van der Waals surface area contributed by atoms with E-state index >= 15 is 0 Å². The third kappa shape index (κ3) is 4.39. The molecule has 0 fully saturated rings. The van der Waals surface area contributed by atoms with Crippen LogP contribution in [0.4, 0.5) is 32.0 Å². The lowest BCUT2D eigenvalue weighted by molar-refractivity contribution is -0.222.